The lowest BCUT2D eigenvalue weighted by Crippen LogP contribution is -2.08. The first kappa shape index (κ1) is 17.7. The first-order chi connectivity index (χ1) is 12.0. The van der Waals surface area contributed by atoms with E-state index < -0.39 is 11.9 Å². The molecule has 8 heteroatoms. The Morgan fingerprint density at radius 2 is 1.36 bits per heavy atom. The number of carbonyl (C=O) groups is 4. The Bertz CT molecular complexity index is 841. The lowest BCUT2D eigenvalue weighted by molar-refractivity contribution is -0.123. The second-order valence-electron chi connectivity index (χ2n) is 4.88. The second-order valence-corrected chi connectivity index (χ2v) is 4.88. The number of ether oxygens (including phenoxy) is 2. The minimum atomic E-state index is -1.35. The zero-order chi connectivity index (χ0) is 18.4. The molecule has 0 saturated carbocycles. The topological polar surface area (TPSA) is 127 Å². The summed E-state index contributed by atoms with van der Waals surface area (Å²) >= 11 is 0. The highest BCUT2D eigenvalue weighted by Crippen LogP contribution is 2.29. The van der Waals surface area contributed by atoms with Crippen LogP contribution in [0.2, 0.25) is 0 Å². The van der Waals surface area contributed by atoms with Crippen LogP contribution in [0.5, 0.6) is 11.5 Å². The van der Waals surface area contributed by atoms with Gasteiger partial charge in [-0.3, -0.25) is 9.59 Å². The highest BCUT2D eigenvalue weighted by atomic mass is 16.6. The number of rotatable bonds is 8. The van der Waals surface area contributed by atoms with Gasteiger partial charge in [0.25, 0.3) is 12.9 Å². The molecule has 0 aliphatic carbocycles. The Hall–Kier alpha value is -3.68. The van der Waals surface area contributed by atoms with Gasteiger partial charge in [-0.2, -0.15) is 0 Å². The smallest absolute Gasteiger partial charge is 0.336 e. The zero-order valence-electron chi connectivity index (χ0n) is 12.7. The summed E-state index contributed by atoms with van der Waals surface area (Å²) in [7, 11) is 0. The van der Waals surface area contributed by atoms with Crippen LogP contribution in [0.25, 0.3) is 0 Å². The van der Waals surface area contributed by atoms with Gasteiger partial charge < -0.3 is 19.7 Å². The number of benzene rings is 2. The van der Waals surface area contributed by atoms with Gasteiger partial charge in [-0.25, -0.2) is 9.59 Å². The molecule has 0 atom stereocenters. The third-order valence-corrected chi connectivity index (χ3v) is 3.31. The van der Waals surface area contributed by atoms with Crippen LogP contribution in [0.1, 0.15) is 31.8 Å². The van der Waals surface area contributed by atoms with Crippen LogP contribution >= 0.6 is 0 Å². The van der Waals surface area contributed by atoms with E-state index in [-0.39, 0.29) is 42.0 Å². The van der Waals surface area contributed by atoms with Crippen molar-refractivity contribution in [3.8, 4) is 11.5 Å². The fraction of sp³-hybridized carbons (Fsp3) is 0.0588. The van der Waals surface area contributed by atoms with Gasteiger partial charge in [0.1, 0.15) is 0 Å². The Morgan fingerprint density at radius 3 is 1.96 bits per heavy atom. The largest absolute Gasteiger partial charge is 0.478 e. The summed E-state index contributed by atoms with van der Waals surface area (Å²) in [4.78, 5) is 43.2. The fourth-order valence-electron chi connectivity index (χ4n) is 2.26. The number of carboxylic acid groups (broad SMARTS) is 2. The molecule has 0 amide bonds. The predicted molar refractivity (Wildman–Crippen MR) is 83.0 cm³/mol. The highest BCUT2D eigenvalue weighted by molar-refractivity contribution is 6.01. The van der Waals surface area contributed by atoms with E-state index in [0.29, 0.717) is 11.1 Å². The molecule has 2 N–H and O–H groups in total. The van der Waals surface area contributed by atoms with Crippen LogP contribution in [0.15, 0.2) is 36.4 Å². The van der Waals surface area contributed by atoms with Crippen molar-refractivity contribution in [3.05, 3.63) is 58.7 Å². The van der Waals surface area contributed by atoms with E-state index in [4.69, 9.17) is 14.9 Å². The Labute approximate surface area is 141 Å². The summed E-state index contributed by atoms with van der Waals surface area (Å²) in [6, 6.07) is 8.45. The standard InChI is InChI=1S/C17H12O8/c18-8-24-14-4-2-11(7-15(14)25-9-19)5-10-1-3-12(16(20)21)13(6-10)17(22)23/h1-4,6-9H,5H2,(H,20,21)(H,22,23). The minimum absolute atomic E-state index is 0.0280. The van der Waals surface area contributed by atoms with Crippen molar-refractivity contribution in [2.75, 3.05) is 0 Å². The molecule has 0 saturated heterocycles. The monoisotopic (exact) mass is 344 g/mol. The van der Waals surface area contributed by atoms with Gasteiger partial charge in [0.2, 0.25) is 0 Å². The van der Waals surface area contributed by atoms with Crippen LogP contribution in [-0.2, 0) is 16.0 Å². The van der Waals surface area contributed by atoms with Gasteiger partial charge in [0.15, 0.2) is 11.5 Å². The molecule has 2 aromatic carbocycles. The molecular weight excluding hydrogens is 332 g/mol. The SMILES string of the molecule is O=COc1ccc(Cc2ccc(C(=O)O)c(C(=O)O)c2)cc1OC=O. The highest BCUT2D eigenvalue weighted by Gasteiger charge is 2.16. The van der Waals surface area contributed by atoms with Gasteiger partial charge in [-0.15, -0.1) is 0 Å². The third-order valence-electron chi connectivity index (χ3n) is 3.31. The molecule has 25 heavy (non-hydrogen) atoms. The Balaban J connectivity index is 2.36. The average Bonchev–Trinajstić information content (AvgIpc) is 2.57. The van der Waals surface area contributed by atoms with E-state index in [1.165, 1.54) is 30.3 Å². The van der Waals surface area contributed by atoms with Crippen molar-refractivity contribution in [3.63, 3.8) is 0 Å². The zero-order valence-corrected chi connectivity index (χ0v) is 12.7. The molecular formula is C17H12O8. The van der Waals surface area contributed by atoms with Gasteiger partial charge in [-0.05, 0) is 41.8 Å². The molecule has 128 valence electrons. The summed E-state index contributed by atoms with van der Waals surface area (Å²) < 4.78 is 9.42. The molecule has 0 fully saturated rings. The van der Waals surface area contributed by atoms with E-state index in [1.807, 2.05) is 0 Å². The van der Waals surface area contributed by atoms with Crippen molar-refractivity contribution < 1.29 is 38.9 Å². The maximum Gasteiger partial charge on any atom is 0.336 e. The van der Waals surface area contributed by atoms with Crippen LogP contribution < -0.4 is 9.47 Å². The maximum absolute atomic E-state index is 11.2. The number of hydrogen-bond acceptors (Lipinski definition) is 6. The molecule has 0 spiro atoms. The first-order valence-electron chi connectivity index (χ1n) is 6.89. The molecule has 0 unspecified atom stereocenters. The lowest BCUT2D eigenvalue weighted by Gasteiger charge is -2.09. The molecule has 0 aromatic heterocycles. The summed E-state index contributed by atoms with van der Waals surface area (Å²) in [5.41, 5.74) is 0.546. The quantitative estimate of drug-likeness (QED) is 0.693. The van der Waals surface area contributed by atoms with Gasteiger partial charge in [0.05, 0.1) is 11.1 Å². The van der Waals surface area contributed by atoms with Crippen molar-refractivity contribution in [2.24, 2.45) is 0 Å². The van der Waals surface area contributed by atoms with Crippen molar-refractivity contribution in [1.82, 2.24) is 0 Å². The molecule has 0 bridgehead atoms. The minimum Gasteiger partial charge on any atom is -0.478 e. The second kappa shape index (κ2) is 7.73. The molecule has 0 aliphatic rings. The Morgan fingerprint density at radius 1 is 0.800 bits per heavy atom. The maximum atomic E-state index is 11.2. The average molecular weight is 344 g/mol. The predicted octanol–water partition coefficient (Wildman–Crippen LogP) is 1.74. The lowest BCUT2D eigenvalue weighted by atomic mass is 9.99. The van der Waals surface area contributed by atoms with E-state index in [0.717, 1.165) is 0 Å². The van der Waals surface area contributed by atoms with E-state index >= 15 is 0 Å². The summed E-state index contributed by atoms with van der Waals surface area (Å²) in [6.07, 6.45) is 0.247. The van der Waals surface area contributed by atoms with Crippen molar-refractivity contribution in [1.29, 1.82) is 0 Å². The molecule has 0 heterocycles. The summed E-state index contributed by atoms with van der Waals surface area (Å²) in [5.74, 6) is -2.60. The van der Waals surface area contributed by atoms with E-state index in [1.54, 1.807) is 6.07 Å². The van der Waals surface area contributed by atoms with Crippen molar-refractivity contribution in [2.45, 2.75) is 6.42 Å². The number of hydrogen-bond donors (Lipinski definition) is 2. The van der Waals surface area contributed by atoms with Crippen LogP contribution in [0.3, 0.4) is 0 Å². The molecule has 2 aromatic rings. The third kappa shape index (κ3) is 4.20. The number of aromatic carboxylic acids is 2. The summed E-state index contributed by atoms with van der Waals surface area (Å²) in [6.45, 7) is 0.372. The van der Waals surface area contributed by atoms with Gasteiger partial charge >= 0.3 is 11.9 Å². The van der Waals surface area contributed by atoms with Crippen LogP contribution in [0.4, 0.5) is 0 Å². The Kier molecular flexibility index (Phi) is 5.47. The van der Waals surface area contributed by atoms with E-state index in [2.05, 4.69) is 4.74 Å². The molecule has 0 radical (unpaired) electrons. The van der Waals surface area contributed by atoms with Crippen LogP contribution in [0, 0.1) is 0 Å². The van der Waals surface area contributed by atoms with Crippen molar-refractivity contribution >= 4 is 24.9 Å². The molecule has 8 nitrogen and oxygen atoms in total. The fourth-order valence-corrected chi connectivity index (χ4v) is 2.26. The van der Waals surface area contributed by atoms with Gasteiger partial charge in [0, 0.05) is 0 Å². The van der Waals surface area contributed by atoms with Gasteiger partial charge in [-0.1, -0.05) is 12.1 Å². The van der Waals surface area contributed by atoms with E-state index in [9.17, 15) is 19.2 Å². The van der Waals surface area contributed by atoms with Crippen LogP contribution in [-0.4, -0.2) is 35.1 Å². The molecule has 0 aliphatic heterocycles. The number of carboxylic acids is 2. The first-order valence-corrected chi connectivity index (χ1v) is 6.89. The molecule has 2 rings (SSSR count). The number of carbonyl (C=O) groups excluding carboxylic acids is 2. The summed E-state index contributed by atoms with van der Waals surface area (Å²) in [5, 5.41) is 18.2. The normalized spacial score (nSPS) is 9.92.